The quantitative estimate of drug-likeness (QED) is 0.691. The van der Waals surface area contributed by atoms with Crippen LogP contribution in [-0.2, 0) is 4.79 Å². The molecule has 0 unspecified atom stereocenters. The number of hydrogen-bond donors (Lipinski definition) is 1. The summed E-state index contributed by atoms with van der Waals surface area (Å²) in [6.07, 6.45) is 5.11. The number of rotatable bonds is 2. The van der Waals surface area contributed by atoms with Gasteiger partial charge in [0.1, 0.15) is 0 Å². The molecule has 1 saturated carbocycles. The second kappa shape index (κ2) is 3.46. The predicted molar refractivity (Wildman–Crippen MR) is 48.0 cm³/mol. The summed E-state index contributed by atoms with van der Waals surface area (Å²) in [7, 11) is 0. The molecule has 70 valence electrons. The maximum atomic E-state index is 10.6. The molecule has 0 bridgehead atoms. The largest absolute Gasteiger partial charge is 0.481 e. The van der Waals surface area contributed by atoms with Gasteiger partial charge in [-0.05, 0) is 24.2 Å². The highest BCUT2D eigenvalue weighted by molar-refractivity contribution is 5.67. The number of hydrogen-bond acceptors (Lipinski definition) is 1. The normalized spacial score (nSPS) is 28.3. The minimum absolute atomic E-state index is 0.247. The van der Waals surface area contributed by atoms with E-state index in [1.807, 2.05) is 0 Å². The zero-order chi connectivity index (χ0) is 9.19. The molecule has 0 spiro atoms. The highest BCUT2D eigenvalue weighted by atomic mass is 16.4. The maximum Gasteiger partial charge on any atom is 0.303 e. The minimum atomic E-state index is -0.644. The summed E-state index contributed by atoms with van der Waals surface area (Å²) in [5, 5.41) is 8.70. The molecular formula is C10H18O2. The lowest BCUT2D eigenvalue weighted by Crippen LogP contribution is -2.29. The molecule has 0 aromatic heterocycles. The molecule has 0 heterocycles. The third kappa shape index (κ3) is 2.23. The molecule has 1 aliphatic rings. The van der Waals surface area contributed by atoms with Gasteiger partial charge in [0.2, 0.25) is 0 Å². The Bertz CT molecular complexity index is 173. The van der Waals surface area contributed by atoms with E-state index >= 15 is 0 Å². The van der Waals surface area contributed by atoms with Gasteiger partial charge in [0, 0.05) is 6.42 Å². The van der Waals surface area contributed by atoms with E-state index in [-0.39, 0.29) is 5.41 Å². The van der Waals surface area contributed by atoms with Crippen LogP contribution in [0.1, 0.15) is 46.0 Å². The van der Waals surface area contributed by atoms with E-state index in [2.05, 4.69) is 13.8 Å². The van der Waals surface area contributed by atoms with Crippen molar-refractivity contribution >= 4 is 5.97 Å². The molecule has 0 saturated heterocycles. The van der Waals surface area contributed by atoms with Crippen LogP contribution in [0.25, 0.3) is 0 Å². The molecule has 1 fully saturated rings. The van der Waals surface area contributed by atoms with E-state index in [0.717, 1.165) is 6.42 Å². The molecule has 1 aliphatic carbocycles. The van der Waals surface area contributed by atoms with Crippen LogP contribution < -0.4 is 0 Å². The van der Waals surface area contributed by atoms with Crippen molar-refractivity contribution in [3.05, 3.63) is 0 Å². The average Bonchev–Trinajstić information content (AvgIpc) is 1.92. The van der Waals surface area contributed by atoms with Crippen LogP contribution in [0.15, 0.2) is 0 Å². The van der Waals surface area contributed by atoms with Crippen LogP contribution >= 0.6 is 0 Å². The van der Waals surface area contributed by atoms with Crippen molar-refractivity contribution < 1.29 is 9.90 Å². The van der Waals surface area contributed by atoms with E-state index in [0.29, 0.717) is 12.3 Å². The Morgan fingerprint density at radius 1 is 1.50 bits per heavy atom. The molecule has 0 radical (unpaired) electrons. The fourth-order valence-corrected chi connectivity index (χ4v) is 2.16. The smallest absolute Gasteiger partial charge is 0.303 e. The molecule has 2 heteroatoms. The van der Waals surface area contributed by atoms with E-state index in [1.165, 1.54) is 19.3 Å². The molecule has 1 rings (SSSR count). The third-order valence-corrected chi connectivity index (χ3v) is 3.15. The van der Waals surface area contributed by atoms with E-state index < -0.39 is 5.97 Å². The number of carboxylic acid groups (broad SMARTS) is 1. The third-order valence-electron chi connectivity index (χ3n) is 3.15. The highest BCUT2D eigenvalue weighted by Crippen LogP contribution is 2.42. The van der Waals surface area contributed by atoms with Crippen molar-refractivity contribution in [2.45, 2.75) is 46.0 Å². The summed E-state index contributed by atoms with van der Waals surface area (Å²) in [5.41, 5.74) is 0.247. The van der Waals surface area contributed by atoms with Crippen LogP contribution in [0.2, 0.25) is 0 Å². The van der Waals surface area contributed by atoms with Crippen molar-refractivity contribution in [3.8, 4) is 0 Å². The molecule has 0 aromatic carbocycles. The zero-order valence-electron chi connectivity index (χ0n) is 7.97. The van der Waals surface area contributed by atoms with Crippen molar-refractivity contribution in [2.24, 2.45) is 11.3 Å². The van der Waals surface area contributed by atoms with Gasteiger partial charge in [-0.1, -0.05) is 26.7 Å². The summed E-state index contributed by atoms with van der Waals surface area (Å²) in [6, 6.07) is 0. The van der Waals surface area contributed by atoms with Crippen LogP contribution in [-0.4, -0.2) is 11.1 Å². The molecular weight excluding hydrogens is 152 g/mol. The monoisotopic (exact) mass is 170 g/mol. The Morgan fingerprint density at radius 3 is 2.67 bits per heavy atom. The zero-order valence-corrected chi connectivity index (χ0v) is 7.97. The van der Waals surface area contributed by atoms with E-state index in [9.17, 15) is 4.79 Å². The molecule has 0 aromatic rings. The second-order valence-corrected chi connectivity index (χ2v) is 4.53. The fraction of sp³-hybridized carbons (Fsp3) is 0.900. The van der Waals surface area contributed by atoms with Crippen molar-refractivity contribution in [1.29, 1.82) is 0 Å². The lowest BCUT2D eigenvalue weighted by atomic mass is 9.68. The molecule has 1 atom stereocenters. The minimum Gasteiger partial charge on any atom is -0.481 e. The van der Waals surface area contributed by atoms with Gasteiger partial charge < -0.3 is 5.11 Å². The first-order chi connectivity index (χ1) is 5.52. The summed E-state index contributed by atoms with van der Waals surface area (Å²) in [5.74, 6) is -0.251. The van der Waals surface area contributed by atoms with Gasteiger partial charge in [0.25, 0.3) is 0 Å². The first kappa shape index (κ1) is 9.56. The summed E-state index contributed by atoms with van der Waals surface area (Å²) in [4.78, 5) is 10.6. The predicted octanol–water partition coefficient (Wildman–Crippen LogP) is 2.68. The van der Waals surface area contributed by atoms with Crippen LogP contribution in [0.3, 0.4) is 0 Å². The van der Waals surface area contributed by atoms with E-state index in [4.69, 9.17) is 5.11 Å². The van der Waals surface area contributed by atoms with Gasteiger partial charge in [-0.2, -0.15) is 0 Å². The topological polar surface area (TPSA) is 37.3 Å². The SMILES string of the molecule is CC1(C)CCCC[C@H]1CC(=O)O. The van der Waals surface area contributed by atoms with Crippen molar-refractivity contribution in [1.82, 2.24) is 0 Å². The van der Waals surface area contributed by atoms with Gasteiger partial charge in [-0.15, -0.1) is 0 Å². The molecule has 2 nitrogen and oxygen atoms in total. The maximum absolute atomic E-state index is 10.6. The van der Waals surface area contributed by atoms with Gasteiger partial charge in [0.05, 0.1) is 0 Å². The summed E-state index contributed by atoms with van der Waals surface area (Å²) >= 11 is 0. The number of carbonyl (C=O) groups is 1. The Labute approximate surface area is 74.0 Å². The van der Waals surface area contributed by atoms with Gasteiger partial charge in [-0.25, -0.2) is 0 Å². The van der Waals surface area contributed by atoms with Gasteiger partial charge in [0.15, 0.2) is 0 Å². The second-order valence-electron chi connectivity index (χ2n) is 4.53. The Kier molecular flexibility index (Phi) is 2.76. The Morgan fingerprint density at radius 2 is 2.17 bits per heavy atom. The first-order valence-corrected chi connectivity index (χ1v) is 4.74. The molecule has 0 amide bonds. The lowest BCUT2D eigenvalue weighted by Gasteiger charge is -2.37. The van der Waals surface area contributed by atoms with Crippen molar-refractivity contribution in [2.75, 3.05) is 0 Å². The lowest BCUT2D eigenvalue weighted by molar-refractivity contribution is -0.139. The Hall–Kier alpha value is -0.530. The summed E-state index contributed by atoms with van der Waals surface area (Å²) < 4.78 is 0. The van der Waals surface area contributed by atoms with Crippen LogP contribution in [0, 0.1) is 11.3 Å². The first-order valence-electron chi connectivity index (χ1n) is 4.74. The van der Waals surface area contributed by atoms with E-state index in [1.54, 1.807) is 0 Å². The van der Waals surface area contributed by atoms with Crippen LogP contribution in [0.4, 0.5) is 0 Å². The average molecular weight is 170 g/mol. The standard InChI is InChI=1S/C10H18O2/c1-10(2)6-4-3-5-8(10)7-9(11)12/h8H,3-7H2,1-2H3,(H,11,12)/t8-/m0/s1. The van der Waals surface area contributed by atoms with Crippen LogP contribution in [0.5, 0.6) is 0 Å². The van der Waals surface area contributed by atoms with Gasteiger partial charge in [-0.3, -0.25) is 4.79 Å². The van der Waals surface area contributed by atoms with Crippen molar-refractivity contribution in [3.63, 3.8) is 0 Å². The molecule has 12 heavy (non-hydrogen) atoms. The number of carboxylic acids is 1. The molecule has 0 aliphatic heterocycles. The molecule has 1 N–H and O–H groups in total. The fourth-order valence-electron chi connectivity index (χ4n) is 2.16. The number of aliphatic carboxylic acids is 1. The summed E-state index contributed by atoms with van der Waals surface area (Å²) in [6.45, 7) is 4.39. The highest BCUT2D eigenvalue weighted by Gasteiger charge is 2.33. The van der Waals surface area contributed by atoms with Gasteiger partial charge >= 0.3 is 5.97 Å². The Balaban J connectivity index is 2.54.